The summed E-state index contributed by atoms with van der Waals surface area (Å²) in [5, 5.41) is -0.124. The number of nitrogens with zero attached hydrogens (tertiary/aromatic N) is 1. The van der Waals surface area contributed by atoms with Crippen LogP contribution in [0, 0.1) is 0 Å². The van der Waals surface area contributed by atoms with Gasteiger partial charge in [-0.2, -0.15) is 13.2 Å². The van der Waals surface area contributed by atoms with E-state index in [4.69, 9.17) is 47.0 Å². The Morgan fingerprint density at radius 3 is 2.28 bits per heavy atom. The van der Waals surface area contributed by atoms with Crippen molar-refractivity contribution in [2.24, 2.45) is 0 Å². The molecule has 0 fully saturated rings. The van der Waals surface area contributed by atoms with Crippen LogP contribution in [0.1, 0.15) is 40.7 Å². The lowest BCUT2D eigenvalue weighted by atomic mass is 9.96. The monoisotopic (exact) mass is 585 g/mol. The Balaban J connectivity index is 2.30. The smallest absolute Gasteiger partial charge is 0.362 e. The molecule has 0 spiro atoms. The number of carbonyl (C=O) groups is 1. The molecule has 1 atom stereocenters. The first kappa shape index (κ1) is 27.1. The lowest BCUT2D eigenvalue weighted by Crippen LogP contribution is -2.30. The average molecular weight is 588 g/mol. The zero-order valence-corrected chi connectivity index (χ0v) is 21.6. The third-order valence-electron chi connectivity index (χ3n) is 4.60. The summed E-state index contributed by atoms with van der Waals surface area (Å²) in [6.07, 6.45) is -1.60. The zero-order valence-electron chi connectivity index (χ0n) is 16.9. The Kier molecular flexibility index (Phi) is 9.61. The SMILES string of the molecule is CCC(=S)N(C)CC(=O)c1ccc(/C=C/C(c2cc(Cl)c(Cl)c(Cl)c2)C(F)(F)F)cc1Br. The van der Waals surface area contributed by atoms with Crippen molar-refractivity contribution >= 4 is 79.8 Å². The highest BCUT2D eigenvalue weighted by molar-refractivity contribution is 9.10. The second-order valence-electron chi connectivity index (χ2n) is 6.94. The van der Waals surface area contributed by atoms with E-state index in [0.29, 0.717) is 27.0 Å². The highest BCUT2D eigenvalue weighted by Gasteiger charge is 2.39. The number of ketones is 1. The van der Waals surface area contributed by atoms with Crippen LogP contribution >= 0.6 is 63.0 Å². The number of hydrogen-bond donors (Lipinski definition) is 0. The fourth-order valence-electron chi connectivity index (χ4n) is 2.89. The fraction of sp³-hybridized carbons (Fsp3) is 0.273. The summed E-state index contributed by atoms with van der Waals surface area (Å²) in [6, 6.07) is 7.01. The van der Waals surface area contributed by atoms with Gasteiger partial charge in [0.25, 0.3) is 0 Å². The van der Waals surface area contributed by atoms with Crippen LogP contribution in [0.15, 0.2) is 40.9 Å². The molecule has 0 aliphatic rings. The van der Waals surface area contributed by atoms with E-state index in [2.05, 4.69) is 15.9 Å². The van der Waals surface area contributed by atoms with Gasteiger partial charge in [-0.05, 0) is 41.8 Å². The minimum absolute atomic E-state index is 0.00322. The van der Waals surface area contributed by atoms with E-state index in [-0.39, 0.29) is 33.0 Å². The molecule has 2 aromatic carbocycles. The molecule has 0 heterocycles. The first-order valence-corrected chi connectivity index (χ1v) is 11.6. The van der Waals surface area contributed by atoms with E-state index in [1.807, 2.05) is 6.92 Å². The third-order valence-corrected chi connectivity index (χ3v) is 7.05. The fourth-order valence-corrected chi connectivity index (χ4v) is 4.19. The van der Waals surface area contributed by atoms with Crippen LogP contribution in [-0.4, -0.2) is 35.4 Å². The molecule has 32 heavy (non-hydrogen) atoms. The lowest BCUT2D eigenvalue weighted by molar-refractivity contribution is -0.139. The molecule has 0 aromatic heterocycles. The quantitative estimate of drug-likeness (QED) is 0.184. The predicted octanol–water partition coefficient (Wildman–Crippen LogP) is 8.62. The molecular formula is C22H18BrCl3F3NOS. The summed E-state index contributed by atoms with van der Waals surface area (Å²) in [5.74, 6) is -2.11. The number of rotatable bonds is 7. The largest absolute Gasteiger partial charge is 0.399 e. The molecule has 0 radical (unpaired) electrons. The van der Waals surface area contributed by atoms with E-state index in [1.54, 1.807) is 30.1 Å². The van der Waals surface area contributed by atoms with Gasteiger partial charge in [0.1, 0.15) is 0 Å². The molecule has 10 heteroatoms. The van der Waals surface area contributed by atoms with Gasteiger partial charge in [0.15, 0.2) is 5.78 Å². The Labute approximate surface area is 213 Å². The maximum absolute atomic E-state index is 13.7. The van der Waals surface area contributed by atoms with Crippen LogP contribution in [0.5, 0.6) is 0 Å². The van der Waals surface area contributed by atoms with E-state index in [9.17, 15) is 18.0 Å². The summed E-state index contributed by atoms with van der Waals surface area (Å²) < 4.78 is 41.6. The molecule has 0 aliphatic carbocycles. The van der Waals surface area contributed by atoms with Crippen molar-refractivity contribution in [2.75, 3.05) is 13.6 Å². The summed E-state index contributed by atoms with van der Waals surface area (Å²) in [6.45, 7) is 2.01. The Bertz CT molecular complexity index is 1040. The Hall–Kier alpha value is -1.12. The molecule has 2 aromatic rings. The first-order chi connectivity index (χ1) is 14.8. The van der Waals surface area contributed by atoms with Gasteiger partial charge >= 0.3 is 6.18 Å². The second-order valence-corrected chi connectivity index (χ2v) is 9.46. The summed E-state index contributed by atoms with van der Waals surface area (Å²) in [5.41, 5.74) is 0.761. The summed E-state index contributed by atoms with van der Waals surface area (Å²) in [4.78, 5) is 14.9. The van der Waals surface area contributed by atoms with Crippen molar-refractivity contribution in [3.8, 4) is 0 Å². The third kappa shape index (κ3) is 6.94. The molecule has 0 N–H and O–H groups in total. The number of alkyl halides is 3. The molecule has 2 rings (SSSR count). The van der Waals surface area contributed by atoms with Crippen molar-refractivity contribution < 1.29 is 18.0 Å². The van der Waals surface area contributed by atoms with E-state index in [1.165, 1.54) is 6.08 Å². The lowest BCUT2D eigenvalue weighted by Gasteiger charge is -2.19. The maximum Gasteiger partial charge on any atom is 0.399 e. The van der Waals surface area contributed by atoms with Gasteiger partial charge in [0, 0.05) is 17.1 Å². The number of thiocarbonyl (C=S) groups is 1. The van der Waals surface area contributed by atoms with Gasteiger partial charge in [-0.15, -0.1) is 0 Å². The van der Waals surface area contributed by atoms with Crippen molar-refractivity contribution in [1.29, 1.82) is 0 Å². The molecule has 0 saturated carbocycles. The molecular weight excluding hydrogens is 570 g/mol. The van der Waals surface area contributed by atoms with Gasteiger partial charge < -0.3 is 4.90 Å². The van der Waals surface area contributed by atoms with E-state index < -0.39 is 12.1 Å². The minimum atomic E-state index is -4.58. The number of Topliss-reactive ketones (excluding diaryl/α,β-unsaturated/α-hetero) is 1. The van der Waals surface area contributed by atoms with Gasteiger partial charge in [-0.1, -0.05) is 88.1 Å². The summed E-state index contributed by atoms with van der Waals surface area (Å²) in [7, 11) is 1.74. The Morgan fingerprint density at radius 1 is 1.19 bits per heavy atom. The van der Waals surface area contributed by atoms with Crippen molar-refractivity contribution in [1.82, 2.24) is 4.90 Å². The van der Waals surface area contributed by atoms with Crippen molar-refractivity contribution in [2.45, 2.75) is 25.4 Å². The Morgan fingerprint density at radius 2 is 1.78 bits per heavy atom. The van der Waals surface area contributed by atoms with Crippen LogP contribution in [0.2, 0.25) is 15.1 Å². The van der Waals surface area contributed by atoms with Crippen LogP contribution in [0.3, 0.4) is 0 Å². The van der Waals surface area contributed by atoms with Gasteiger partial charge in [0.05, 0.1) is 32.5 Å². The highest BCUT2D eigenvalue weighted by Crippen LogP contribution is 2.41. The van der Waals surface area contributed by atoms with Crippen LogP contribution in [0.4, 0.5) is 13.2 Å². The van der Waals surface area contributed by atoms with E-state index in [0.717, 1.165) is 18.2 Å². The van der Waals surface area contributed by atoms with Crippen LogP contribution in [0.25, 0.3) is 6.08 Å². The number of halogens is 7. The molecule has 0 aliphatic heterocycles. The number of allylic oxidation sites excluding steroid dienone is 1. The highest BCUT2D eigenvalue weighted by atomic mass is 79.9. The molecule has 0 bridgehead atoms. The number of carbonyl (C=O) groups excluding carboxylic acids is 1. The van der Waals surface area contributed by atoms with Crippen LogP contribution in [-0.2, 0) is 0 Å². The molecule has 0 saturated heterocycles. The first-order valence-electron chi connectivity index (χ1n) is 9.31. The van der Waals surface area contributed by atoms with Crippen LogP contribution < -0.4 is 0 Å². The van der Waals surface area contributed by atoms with Gasteiger partial charge in [0.2, 0.25) is 0 Å². The van der Waals surface area contributed by atoms with Crippen molar-refractivity contribution in [3.05, 3.63) is 72.6 Å². The van der Waals surface area contributed by atoms with Gasteiger partial charge in [-0.3, -0.25) is 4.79 Å². The zero-order chi connectivity index (χ0) is 24.2. The van der Waals surface area contributed by atoms with Crippen molar-refractivity contribution in [3.63, 3.8) is 0 Å². The molecule has 1 unspecified atom stereocenters. The standard InChI is InChI=1S/C22H18BrCl3F3NOS/c1-3-20(32)30(2)11-19(31)14-6-4-12(8-16(14)23)5-7-15(22(27,28)29)13-9-17(24)21(26)18(25)10-13/h4-10,15H,3,11H2,1-2H3/b7-5+. The number of hydrogen-bond acceptors (Lipinski definition) is 2. The molecule has 2 nitrogen and oxygen atoms in total. The minimum Gasteiger partial charge on any atom is -0.362 e. The molecule has 172 valence electrons. The topological polar surface area (TPSA) is 20.3 Å². The average Bonchev–Trinajstić information content (AvgIpc) is 2.70. The number of likely N-dealkylation sites (N-methyl/N-ethyl adjacent to an activating group) is 1. The number of benzene rings is 2. The van der Waals surface area contributed by atoms with E-state index >= 15 is 0 Å². The predicted molar refractivity (Wildman–Crippen MR) is 133 cm³/mol. The van der Waals surface area contributed by atoms with Gasteiger partial charge in [-0.25, -0.2) is 0 Å². The normalized spacial score (nSPS) is 12.8. The summed E-state index contributed by atoms with van der Waals surface area (Å²) >= 11 is 26.2. The second kappa shape index (κ2) is 11.3. The molecule has 0 amide bonds. The maximum atomic E-state index is 13.7.